The maximum absolute atomic E-state index is 12.7. The standard InChI is InChI=1S/C20H25NO4/c1-14-5-2-3-6-16(14)25-20(18(23)24)9-11-21(12-10-20)17(22)15-13-19(15)7-4-8-19/h2-3,5-6,15H,4,7-13H2,1H3,(H,23,24)/t15-/m0/s1. The summed E-state index contributed by atoms with van der Waals surface area (Å²) in [5.41, 5.74) is 0.00275. The highest BCUT2D eigenvalue weighted by atomic mass is 16.5. The summed E-state index contributed by atoms with van der Waals surface area (Å²) in [6.45, 7) is 2.84. The van der Waals surface area contributed by atoms with Gasteiger partial charge in [0.1, 0.15) is 5.75 Å². The maximum atomic E-state index is 12.7. The fourth-order valence-electron chi connectivity index (χ4n) is 4.43. The molecular weight excluding hydrogens is 318 g/mol. The van der Waals surface area contributed by atoms with E-state index in [1.807, 2.05) is 36.1 Å². The molecule has 0 bridgehead atoms. The number of carbonyl (C=O) groups excluding carboxylic acids is 1. The topological polar surface area (TPSA) is 66.8 Å². The molecule has 3 fully saturated rings. The molecule has 1 aromatic carbocycles. The largest absolute Gasteiger partial charge is 0.478 e. The summed E-state index contributed by atoms with van der Waals surface area (Å²) in [5, 5.41) is 9.79. The summed E-state index contributed by atoms with van der Waals surface area (Å²) >= 11 is 0. The number of likely N-dealkylation sites (tertiary alicyclic amines) is 1. The average molecular weight is 343 g/mol. The molecule has 1 N–H and O–H groups in total. The van der Waals surface area contributed by atoms with Crippen molar-refractivity contribution in [3.63, 3.8) is 0 Å². The lowest BCUT2D eigenvalue weighted by Crippen LogP contribution is -2.54. The molecule has 1 aromatic rings. The van der Waals surface area contributed by atoms with Crippen molar-refractivity contribution >= 4 is 11.9 Å². The first kappa shape index (κ1) is 16.4. The van der Waals surface area contributed by atoms with Gasteiger partial charge in [-0.1, -0.05) is 24.6 Å². The van der Waals surface area contributed by atoms with Crippen molar-refractivity contribution in [3.8, 4) is 5.75 Å². The van der Waals surface area contributed by atoms with E-state index < -0.39 is 11.6 Å². The summed E-state index contributed by atoms with van der Waals surface area (Å²) in [7, 11) is 0. The number of rotatable bonds is 4. The molecule has 5 nitrogen and oxygen atoms in total. The molecule has 134 valence electrons. The summed E-state index contributed by atoms with van der Waals surface area (Å²) in [4.78, 5) is 26.5. The third-order valence-electron chi connectivity index (χ3n) is 6.51. The summed E-state index contributed by atoms with van der Waals surface area (Å²) in [6, 6.07) is 7.47. The minimum Gasteiger partial charge on any atom is -0.478 e. The number of aliphatic carboxylic acids is 1. The first-order valence-corrected chi connectivity index (χ1v) is 9.23. The smallest absolute Gasteiger partial charge is 0.348 e. The van der Waals surface area contributed by atoms with Gasteiger partial charge in [-0.15, -0.1) is 0 Å². The van der Waals surface area contributed by atoms with Crippen molar-refractivity contribution in [2.24, 2.45) is 11.3 Å². The molecule has 0 unspecified atom stereocenters. The van der Waals surface area contributed by atoms with E-state index in [4.69, 9.17) is 4.74 Å². The zero-order valence-electron chi connectivity index (χ0n) is 14.7. The number of amides is 1. The second-order valence-corrected chi connectivity index (χ2v) is 7.96. The van der Waals surface area contributed by atoms with Crippen LogP contribution in [0.15, 0.2) is 24.3 Å². The Kier molecular flexibility index (Phi) is 3.78. The van der Waals surface area contributed by atoms with Gasteiger partial charge in [-0.3, -0.25) is 4.79 Å². The number of ether oxygens (including phenoxy) is 1. The fraction of sp³-hybridized carbons (Fsp3) is 0.600. The number of aryl methyl sites for hydroxylation is 1. The molecule has 5 heteroatoms. The molecule has 1 atom stereocenters. The Morgan fingerprint density at radius 1 is 1.16 bits per heavy atom. The fourth-order valence-corrected chi connectivity index (χ4v) is 4.43. The number of piperidine rings is 1. The molecule has 1 aliphatic heterocycles. The van der Waals surface area contributed by atoms with Crippen LogP contribution in [0.4, 0.5) is 0 Å². The van der Waals surface area contributed by atoms with Gasteiger partial charge in [-0.25, -0.2) is 4.79 Å². The highest BCUT2D eigenvalue weighted by molar-refractivity contribution is 5.84. The minimum absolute atomic E-state index is 0.191. The van der Waals surface area contributed by atoms with Crippen LogP contribution in [-0.2, 0) is 9.59 Å². The second-order valence-electron chi connectivity index (χ2n) is 7.96. The molecule has 1 spiro atoms. The normalized spacial score (nSPS) is 26.0. The van der Waals surface area contributed by atoms with E-state index in [1.165, 1.54) is 19.3 Å². The van der Waals surface area contributed by atoms with Gasteiger partial charge < -0.3 is 14.7 Å². The van der Waals surface area contributed by atoms with Gasteiger partial charge >= 0.3 is 5.97 Å². The van der Waals surface area contributed by atoms with Crippen LogP contribution in [0.1, 0.15) is 44.1 Å². The molecule has 3 aliphatic rings. The first-order valence-electron chi connectivity index (χ1n) is 9.23. The molecule has 1 heterocycles. The number of hydrogen-bond acceptors (Lipinski definition) is 3. The third kappa shape index (κ3) is 2.70. The monoisotopic (exact) mass is 343 g/mol. The lowest BCUT2D eigenvalue weighted by molar-refractivity contribution is -0.162. The average Bonchev–Trinajstić information content (AvgIpc) is 3.33. The number of para-hydroxylation sites is 1. The number of nitrogens with zero attached hydrogens (tertiary/aromatic N) is 1. The van der Waals surface area contributed by atoms with E-state index in [9.17, 15) is 14.7 Å². The van der Waals surface area contributed by atoms with Crippen molar-refractivity contribution in [2.45, 2.75) is 51.0 Å². The Hall–Kier alpha value is -2.04. The maximum Gasteiger partial charge on any atom is 0.348 e. The Labute approximate surface area is 148 Å². The van der Waals surface area contributed by atoms with Crippen LogP contribution in [0.2, 0.25) is 0 Å². The zero-order valence-corrected chi connectivity index (χ0v) is 14.7. The Bertz CT molecular complexity index is 701. The number of carboxylic acids is 1. The SMILES string of the molecule is Cc1ccccc1OC1(C(=O)O)CCN(C(=O)[C@@H]2CC23CCC3)CC1. The Morgan fingerprint density at radius 3 is 2.36 bits per heavy atom. The lowest BCUT2D eigenvalue weighted by Gasteiger charge is -2.39. The van der Waals surface area contributed by atoms with Gasteiger partial charge in [0.25, 0.3) is 0 Å². The summed E-state index contributed by atoms with van der Waals surface area (Å²) in [5.74, 6) is 0.0930. The number of hydrogen-bond donors (Lipinski definition) is 1. The molecule has 0 aromatic heterocycles. The van der Waals surface area contributed by atoms with Crippen LogP contribution in [0.3, 0.4) is 0 Å². The van der Waals surface area contributed by atoms with Gasteiger partial charge in [0.15, 0.2) is 0 Å². The molecular formula is C20H25NO4. The van der Waals surface area contributed by atoms with E-state index in [-0.39, 0.29) is 11.8 Å². The predicted molar refractivity (Wildman–Crippen MR) is 92.4 cm³/mol. The van der Waals surface area contributed by atoms with Gasteiger partial charge in [0.2, 0.25) is 11.5 Å². The molecule has 25 heavy (non-hydrogen) atoms. The van der Waals surface area contributed by atoms with Crippen LogP contribution in [-0.4, -0.2) is 40.6 Å². The summed E-state index contributed by atoms with van der Waals surface area (Å²) in [6.07, 6.45) is 5.33. The van der Waals surface area contributed by atoms with Gasteiger partial charge in [-0.05, 0) is 43.2 Å². The van der Waals surface area contributed by atoms with Gasteiger partial charge in [0, 0.05) is 31.8 Å². The van der Waals surface area contributed by atoms with E-state index >= 15 is 0 Å². The van der Waals surface area contributed by atoms with Crippen molar-refractivity contribution < 1.29 is 19.4 Å². The van der Waals surface area contributed by atoms with Crippen LogP contribution in [0, 0.1) is 18.3 Å². The van der Waals surface area contributed by atoms with Crippen LogP contribution < -0.4 is 4.74 Å². The molecule has 0 radical (unpaired) electrons. The van der Waals surface area contributed by atoms with Crippen molar-refractivity contribution in [1.82, 2.24) is 4.90 Å². The molecule has 2 saturated carbocycles. The first-order chi connectivity index (χ1) is 12.0. The van der Waals surface area contributed by atoms with E-state index in [0.717, 1.165) is 12.0 Å². The molecule has 1 amide bonds. The molecule has 1 saturated heterocycles. The van der Waals surface area contributed by atoms with Gasteiger partial charge in [0.05, 0.1) is 0 Å². The highest BCUT2D eigenvalue weighted by Gasteiger charge is 2.62. The van der Waals surface area contributed by atoms with Crippen molar-refractivity contribution in [3.05, 3.63) is 29.8 Å². The van der Waals surface area contributed by atoms with E-state index in [2.05, 4.69) is 0 Å². The van der Waals surface area contributed by atoms with Crippen LogP contribution >= 0.6 is 0 Å². The molecule has 2 aliphatic carbocycles. The zero-order chi connectivity index (χ0) is 17.7. The minimum atomic E-state index is -1.24. The Balaban J connectivity index is 1.43. The second kappa shape index (κ2) is 5.75. The Morgan fingerprint density at radius 2 is 1.84 bits per heavy atom. The number of carboxylic acid groups (broad SMARTS) is 1. The highest BCUT2D eigenvalue weighted by Crippen LogP contribution is 2.66. The number of carbonyl (C=O) groups is 2. The summed E-state index contributed by atoms with van der Waals surface area (Å²) < 4.78 is 5.98. The molecule has 4 rings (SSSR count). The number of benzene rings is 1. The van der Waals surface area contributed by atoms with E-state index in [0.29, 0.717) is 37.1 Å². The van der Waals surface area contributed by atoms with Crippen LogP contribution in [0.5, 0.6) is 5.75 Å². The lowest BCUT2D eigenvalue weighted by atomic mass is 9.79. The van der Waals surface area contributed by atoms with E-state index in [1.54, 1.807) is 0 Å². The van der Waals surface area contributed by atoms with Crippen LogP contribution in [0.25, 0.3) is 0 Å². The van der Waals surface area contributed by atoms with Gasteiger partial charge in [-0.2, -0.15) is 0 Å². The quantitative estimate of drug-likeness (QED) is 0.912. The van der Waals surface area contributed by atoms with Crippen molar-refractivity contribution in [1.29, 1.82) is 0 Å². The predicted octanol–water partition coefficient (Wildman–Crippen LogP) is 3.01. The van der Waals surface area contributed by atoms with Crippen molar-refractivity contribution in [2.75, 3.05) is 13.1 Å². The third-order valence-corrected chi connectivity index (χ3v) is 6.51.